The molecule has 1 unspecified atom stereocenters. The fourth-order valence-electron chi connectivity index (χ4n) is 3.18. The molecule has 2 heterocycles. The van der Waals surface area contributed by atoms with Gasteiger partial charge in [-0.15, -0.1) is 0 Å². The summed E-state index contributed by atoms with van der Waals surface area (Å²) >= 11 is 0. The van der Waals surface area contributed by atoms with Crippen LogP contribution in [0.4, 0.5) is 8.78 Å². The zero-order valence-corrected chi connectivity index (χ0v) is 13.4. The van der Waals surface area contributed by atoms with Gasteiger partial charge in [-0.05, 0) is 12.8 Å². The van der Waals surface area contributed by atoms with Gasteiger partial charge in [-0.25, -0.2) is 21.5 Å². The summed E-state index contributed by atoms with van der Waals surface area (Å²) in [6, 6.07) is 1.59. The maximum atomic E-state index is 13.8. The molecule has 1 aliphatic carbocycles. The van der Waals surface area contributed by atoms with Crippen molar-refractivity contribution in [3.8, 4) is 0 Å². The van der Waals surface area contributed by atoms with Crippen molar-refractivity contribution in [1.29, 1.82) is 0 Å². The van der Waals surface area contributed by atoms with E-state index in [0.717, 1.165) is 0 Å². The average molecular weight is 350 g/mol. The molecule has 23 heavy (non-hydrogen) atoms. The number of hydrogen-bond acceptors (Lipinski definition) is 5. The number of rotatable bonds is 5. The smallest absolute Gasteiger partial charge is 0.251 e. The minimum Gasteiger partial charge on any atom is -0.388 e. The number of hydrogen-bond donors (Lipinski definition) is 1. The molecule has 1 saturated carbocycles. The van der Waals surface area contributed by atoms with E-state index in [1.165, 1.54) is 4.31 Å². The zero-order valence-electron chi connectivity index (χ0n) is 12.6. The second-order valence-electron chi connectivity index (χ2n) is 6.37. The highest BCUT2D eigenvalue weighted by atomic mass is 32.2. The number of aromatic nitrogens is 1. The van der Waals surface area contributed by atoms with Crippen LogP contribution in [0.2, 0.25) is 0 Å². The third-order valence-electron chi connectivity index (χ3n) is 4.71. The molecule has 0 bridgehead atoms. The van der Waals surface area contributed by atoms with Gasteiger partial charge < -0.3 is 9.63 Å². The Bertz CT molecular complexity index is 655. The molecule has 1 aromatic rings. The minimum absolute atomic E-state index is 0.110. The Morgan fingerprint density at radius 3 is 2.74 bits per heavy atom. The van der Waals surface area contributed by atoms with Gasteiger partial charge in [0.25, 0.3) is 5.92 Å². The van der Waals surface area contributed by atoms with Crippen LogP contribution in [0, 0.1) is 5.92 Å². The molecule has 1 atom stereocenters. The summed E-state index contributed by atoms with van der Waals surface area (Å²) in [5, 5.41) is 12.7. The van der Waals surface area contributed by atoms with Crippen LogP contribution in [-0.2, 0) is 16.6 Å². The van der Waals surface area contributed by atoms with Crippen molar-refractivity contribution in [2.24, 2.45) is 5.92 Å². The fraction of sp³-hybridized carbons (Fsp3) is 0.786. The molecule has 0 radical (unpaired) electrons. The molecule has 130 valence electrons. The normalized spacial score (nSPS) is 26.1. The van der Waals surface area contributed by atoms with E-state index in [1.54, 1.807) is 6.07 Å². The molecule has 2 aliphatic rings. The Balaban J connectivity index is 1.59. The van der Waals surface area contributed by atoms with Gasteiger partial charge in [-0.2, -0.15) is 0 Å². The first-order chi connectivity index (χ1) is 10.8. The Morgan fingerprint density at radius 2 is 2.13 bits per heavy atom. The highest BCUT2D eigenvalue weighted by molar-refractivity contribution is 7.89. The van der Waals surface area contributed by atoms with E-state index in [4.69, 9.17) is 9.63 Å². The largest absolute Gasteiger partial charge is 0.388 e. The number of aliphatic hydroxyl groups is 1. The molecular weight excluding hydrogens is 330 g/mol. The summed E-state index contributed by atoms with van der Waals surface area (Å²) in [5.74, 6) is -4.26. The van der Waals surface area contributed by atoms with Crippen LogP contribution in [0.3, 0.4) is 0 Å². The monoisotopic (exact) mass is 350 g/mol. The molecule has 3 rings (SSSR count). The summed E-state index contributed by atoms with van der Waals surface area (Å²) in [6.45, 7) is 0.175. The predicted octanol–water partition coefficient (Wildman–Crippen LogP) is 1.72. The van der Waals surface area contributed by atoms with Crippen LogP contribution in [0.15, 0.2) is 10.6 Å². The molecule has 1 N–H and O–H groups in total. The van der Waals surface area contributed by atoms with Crippen LogP contribution in [0.5, 0.6) is 0 Å². The maximum absolute atomic E-state index is 13.8. The molecule has 9 heteroatoms. The molecule has 1 saturated heterocycles. The fourth-order valence-corrected chi connectivity index (χ4v) is 5.12. The lowest BCUT2D eigenvalue weighted by molar-refractivity contribution is -0.0774. The number of halogens is 2. The van der Waals surface area contributed by atoms with Crippen LogP contribution >= 0.6 is 0 Å². The third-order valence-corrected chi connectivity index (χ3v) is 6.62. The highest BCUT2D eigenvalue weighted by Gasteiger charge is 2.46. The van der Waals surface area contributed by atoms with Crippen molar-refractivity contribution in [2.75, 3.05) is 18.8 Å². The first-order valence-corrected chi connectivity index (χ1v) is 9.35. The van der Waals surface area contributed by atoms with Gasteiger partial charge in [-0.3, -0.25) is 0 Å². The first kappa shape index (κ1) is 16.8. The van der Waals surface area contributed by atoms with Crippen molar-refractivity contribution >= 4 is 10.0 Å². The van der Waals surface area contributed by atoms with Crippen LogP contribution in [0.1, 0.15) is 43.1 Å². The van der Waals surface area contributed by atoms with Gasteiger partial charge in [0.1, 0.15) is 6.61 Å². The van der Waals surface area contributed by atoms with Gasteiger partial charge in [0.15, 0.2) is 5.76 Å². The second kappa shape index (κ2) is 6.10. The lowest BCUT2D eigenvalue weighted by atomic mass is 9.87. The predicted molar refractivity (Wildman–Crippen MR) is 77.4 cm³/mol. The Kier molecular flexibility index (Phi) is 4.45. The van der Waals surface area contributed by atoms with E-state index in [-0.39, 0.29) is 38.5 Å². The number of aliphatic hydroxyl groups excluding tert-OH is 1. The lowest BCUT2D eigenvalue weighted by Gasteiger charge is -2.39. The Hall–Kier alpha value is -1.06. The lowest BCUT2D eigenvalue weighted by Crippen LogP contribution is -2.51. The van der Waals surface area contributed by atoms with E-state index in [9.17, 15) is 17.2 Å². The standard InChI is InChI=1S/C14H20F2N2O4S/c15-14(16)4-2-1-3-11(14)9-23(20,21)18-6-10(7-18)13-5-12(8-19)22-17-13/h5,10-11,19H,1-4,6-9H2. The summed E-state index contributed by atoms with van der Waals surface area (Å²) in [7, 11) is -3.69. The van der Waals surface area contributed by atoms with Crippen molar-refractivity contribution in [3.05, 3.63) is 17.5 Å². The quantitative estimate of drug-likeness (QED) is 0.874. The van der Waals surface area contributed by atoms with Crippen molar-refractivity contribution in [3.63, 3.8) is 0 Å². The molecule has 0 aromatic carbocycles. The first-order valence-electron chi connectivity index (χ1n) is 7.74. The minimum atomic E-state index is -3.69. The Labute approximate surface area is 133 Å². The summed E-state index contributed by atoms with van der Waals surface area (Å²) in [6.07, 6.45) is 1.14. The topological polar surface area (TPSA) is 83.6 Å². The summed E-state index contributed by atoms with van der Waals surface area (Å²) < 4.78 is 58.4. The van der Waals surface area contributed by atoms with Crippen LogP contribution in [0.25, 0.3) is 0 Å². The van der Waals surface area contributed by atoms with Gasteiger partial charge >= 0.3 is 0 Å². The van der Waals surface area contributed by atoms with Crippen molar-refractivity contribution in [1.82, 2.24) is 9.46 Å². The molecule has 0 spiro atoms. The van der Waals surface area contributed by atoms with Gasteiger partial charge in [-0.1, -0.05) is 11.6 Å². The van der Waals surface area contributed by atoms with Crippen molar-refractivity contribution < 1.29 is 26.8 Å². The van der Waals surface area contributed by atoms with Gasteiger partial charge in [0.05, 0.1) is 11.4 Å². The SMILES string of the molecule is O=S(=O)(CC1CCCCC1(F)F)N1CC(c2cc(CO)on2)C1. The van der Waals surface area contributed by atoms with E-state index in [2.05, 4.69) is 5.16 Å². The second-order valence-corrected chi connectivity index (χ2v) is 8.39. The molecular formula is C14H20F2N2O4S. The van der Waals surface area contributed by atoms with Crippen LogP contribution in [-0.4, -0.2) is 47.8 Å². The summed E-state index contributed by atoms with van der Waals surface area (Å²) in [4.78, 5) is 0. The van der Waals surface area contributed by atoms with E-state index in [0.29, 0.717) is 24.3 Å². The van der Waals surface area contributed by atoms with Crippen molar-refractivity contribution in [2.45, 2.75) is 44.1 Å². The molecule has 1 aromatic heterocycles. The zero-order chi connectivity index (χ0) is 16.7. The van der Waals surface area contributed by atoms with Crippen LogP contribution < -0.4 is 0 Å². The number of nitrogens with zero attached hydrogens (tertiary/aromatic N) is 2. The molecule has 6 nitrogen and oxygen atoms in total. The van der Waals surface area contributed by atoms with E-state index >= 15 is 0 Å². The number of sulfonamides is 1. The third kappa shape index (κ3) is 3.41. The van der Waals surface area contributed by atoms with E-state index < -0.39 is 27.6 Å². The van der Waals surface area contributed by atoms with Gasteiger partial charge in [0, 0.05) is 37.4 Å². The number of alkyl halides is 2. The molecule has 2 fully saturated rings. The molecule has 0 amide bonds. The Morgan fingerprint density at radius 1 is 1.39 bits per heavy atom. The maximum Gasteiger partial charge on any atom is 0.251 e. The highest BCUT2D eigenvalue weighted by Crippen LogP contribution is 2.40. The van der Waals surface area contributed by atoms with Gasteiger partial charge in [0.2, 0.25) is 10.0 Å². The summed E-state index contributed by atoms with van der Waals surface area (Å²) in [5.41, 5.74) is 0.587. The van der Waals surface area contributed by atoms with E-state index in [1.807, 2.05) is 0 Å². The molecule has 1 aliphatic heterocycles. The average Bonchev–Trinajstić information content (AvgIpc) is 2.87.